The highest BCUT2D eigenvalue weighted by atomic mass is 16.5. The lowest BCUT2D eigenvalue weighted by molar-refractivity contribution is -0.152. The molecule has 0 amide bonds. The minimum atomic E-state index is -1.78. The molecule has 4 nitrogen and oxygen atoms in total. The summed E-state index contributed by atoms with van der Waals surface area (Å²) in [4.78, 5) is 4.19. The van der Waals surface area contributed by atoms with E-state index in [-0.39, 0.29) is 0 Å². The van der Waals surface area contributed by atoms with Gasteiger partial charge in [-0.25, -0.2) is 0 Å². The molecule has 0 spiro atoms. The smallest absolute Gasteiger partial charge is 0.186 e. The van der Waals surface area contributed by atoms with Crippen molar-refractivity contribution in [3.63, 3.8) is 0 Å². The zero-order valence-corrected chi connectivity index (χ0v) is 9.48. The van der Waals surface area contributed by atoms with Crippen molar-refractivity contribution in [1.29, 1.82) is 0 Å². The average molecular weight is 222 g/mol. The molecule has 0 radical (unpaired) electrons. The first-order valence-electron chi connectivity index (χ1n) is 5.66. The molecule has 88 valence electrons. The molecular formula is C12H18N2O2. The Morgan fingerprint density at radius 3 is 2.88 bits per heavy atom. The van der Waals surface area contributed by atoms with Crippen LogP contribution in [0.15, 0.2) is 18.3 Å². The summed E-state index contributed by atoms with van der Waals surface area (Å²) < 4.78 is 0. The molecule has 4 heteroatoms. The minimum absolute atomic E-state index is 0.478. The normalized spacial score (nSPS) is 16.4. The lowest BCUT2D eigenvalue weighted by atomic mass is 10.1. The second-order valence-electron chi connectivity index (χ2n) is 4.63. The lowest BCUT2D eigenvalue weighted by Crippen LogP contribution is -2.21. The van der Waals surface area contributed by atoms with Crippen molar-refractivity contribution >= 4 is 0 Å². The Labute approximate surface area is 95.3 Å². The Balaban J connectivity index is 1.92. The van der Waals surface area contributed by atoms with Crippen LogP contribution < -0.4 is 5.32 Å². The molecule has 2 rings (SSSR count). The van der Waals surface area contributed by atoms with Gasteiger partial charge in [0.2, 0.25) is 0 Å². The molecule has 1 aromatic rings. The largest absolute Gasteiger partial charge is 0.362 e. The molecule has 0 aliphatic heterocycles. The fourth-order valence-electron chi connectivity index (χ4n) is 1.60. The summed E-state index contributed by atoms with van der Waals surface area (Å²) in [5, 5.41) is 22.2. The molecule has 16 heavy (non-hydrogen) atoms. The summed E-state index contributed by atoms with van der Waals surface area (Å²) in [6.45, 7) is 3.06. The van der Waals surface area contributed by atoms with E-state index in [0.717, 1.165) is 18.2 Å². The van der Waals surface area contributed by atoms with Crippen LogP contribution in [0.25, 0.3) is 0 Å². The van der Waals surface area contributed by atoms with Gasteiger partial charge in [0.05, 0.1) is 5.69 Å². The van der Waals surface area contributed by atoms with Crippen molar-refractivity contribution in [3.8, 4) is 0 Å². The second kappa shape index (κ2) is 4.49. The first-order valence-corrected chi connectivity index (χ1v) is 5.66. The summed E-state index contributed by atoms with van der Waals surface area (Å²) >= 11 is 0. The molecule has 0 bridgehead atoms. The van der Waals surface area contributed by atoms with Gasteiger partial charge in [-0.3, -0.25) is 4.98 Å². The van der Waals surface area contributed by atoms with Crippen LogP contribution in [0, 0.1) is 5.92 Å². The maximum Gasteiger partial charge on any atom is 0.186 e. The maximum absolute atomic E-state index is 9.44. The number of nitrogens with zero attached hydrogens (tertiary/aromatic N) is 1. The van der Waals surface area contributed by atoms with E-state index in [1.807, 2.05) is 0 Å². The first-order chi connectivity index (χ1) is 7.55. The van der Waals surface area contributed by atoms with E-state index in [2.05, 4.69) is 10.3 Å². The first kappa shape index (κ1) is 11.5. The highest BCUT2D eigenvalue weighted by molar-refractivity contribution is 5.20. The molecular weight excluding hydrogens is 204 g/mol. The summed E-state index contributed by atoms with van der Waals surface area (Å²) in [7, 11) is 0. The van der Waals surface area contributed by atoms with Crippen molar-refractivity contribution in [3.05, 3.63) is 29.6 Å². The van der Waals surface area contributed by atoms with Gasteiger partial charge in [0, 0.05) is 18.3 Å². The van der Waals surface area contributed by atoms with Crippen molar-refractivity contribution in [2.75, 3.05) is 6.54 Å². The number of nitrogens with one attached hydrogen (secondary N) is 1. The van der Waals surface area contributed by atoms with Crippen LogP contribution >= 0.6 is 0 Å². The Morgan fingerprint density at radius 1 is 1.50 bits per heavy atom. The van der Waals surface area contributed by atoms with Crippen LogP contribution in [0.4, 0.5) is 0 Å². The van der Waals surface area contributed by atoms with Gasteiger partial charge < -0.3 is 15.5 Å². The summed E-state index contributed by atoms with van der Waals surface area (Å²) in [6, 6.07) is 3.34. The highest BCUT2D eigenvalue weighted by Crippen LogP contribution is 2.27. The molecule has 0 atom stereocenters. The van der Waals surface area contributed by atoms with Crippen molar-refractivity contribution in [2.45, 2.75) is 32.1 Å². The fraction of sp³-hybridized carbons (Fsp3) is 0.583. The summed E-state index contributed by atoms with van der Waals surface area (Å²) in [6.07, 6.45) is 4.26. The van der Waals surface area contributed by atoms with Crippen LogP contribution in [0.3, 0.4) is 0 Å². The molecule has 3 N–H and O–H groups in total. The lowest BCUT2D eigenvalue weighted by Gasteiger charge is -2.16. The van der Waals surface area contributed by atoms with Gasteiger partial charge in [-0.1, -0.05) is 0 Å². The summed E-state index contributed by atoms with van der Waals surface area (Å²) in [5.74, 6) is -0.946. The zero-order chi connectivity index (χ0) is 11.6. The van der Waals surface area contributed by atoms with E-state index in [9.17, 15) is 10.2 Å². The molecule has 1 aliphatic rings. The topological polar surface area (TPSA) is 65.4 Å². The molecule has 0 saturated heterocycles. The maximum atomic E-state index is 9.44. The van der Waals surface area contributed by atoms with Gasteiger partial charge in [-0.15, -0.1) is 0 Å². The Kier molecular flexibility index (Phi) is 3.23. The Morgan fingerprint density at radius 2 is 2.25 bits per heavy atom. The molecule has 1 aromatic heterocycles. The molecule has 1 aliphatic carbocycles. The molecule has 1 fully saturated rings. The highest BCUT2D eigenvalue weighted by Gasteiger charge is 2.21. The zero-order valence-electron chi connectivity index (χ0n) is 9.48. The minimum Gasteiger partial charge on any atom is -0.362 e. The van der Waals surface area contributed by atoms with Gasteiger partial charge in [0.15, 0.2) is 5.79 Å². The quantitative estimate of drug-likeness (QED) is 0.643. The Bertz CT molecular complexity index is 356. The molecule has 1 saturated carbocycles. The number of rotatable bonds is 5. The van der Waals surface area contributed by atoms with Crippen LogP contribution in [-0.2, 0) is 12.3 Å². The van der Waals surface area contributed by atoms with Gasteiger partial charge in [-0.2, -0.15) is 0 Å². The van der Waals surface area contributed by atoms with E-state index in [0.29, 0.717) is 12.1 Å². The van der Waals surface area contributed by atoms with E-state index in [1.165, 1.54) is 19.8 Å². The second-order valence-corrected chi connectivity index (χ2v) is 4.63. The monoisotopic (exact) mass is 222 g/mol. The number of hydrogen-bond donors (Lipinski definition) is 3. The van der Waals surface area contributed by atoms with E-state index in [1.54, 1.807) is 18.3 Å². The van der Waals surface area contributed by atoms with Crippen molar-refractivity contribution in [2.24, 2.45) is 5.92 Å². The molecule has 0 unspecified atom stereocenters. The predicted octanol–water partition coefficient (Wildman–Crippen LogP) is 0.738. The third kappa shape index (κ3) is 3.27. The van der Waals surface area contributed by atoms with Crippen LogP contribution in [-0.4, -0.2) is 21.7 Å². The Hall–Kier alpha value is -0.970. The van der Waals surface area contributed by atoms with E-state index < -0.39 is 5.79 Å². The average Bonchev–Trinajstić information content (AvgIpc) is 3.01. The van der Waals surface area contributed by atoms with E-state index in [4.69, 9.17) is 0 Å². The number of aromatic nitrogens is 1. The van der Waals surface area contributed by atoms with Crippen LogP contribution in [0.5, 0.6) is 0 Å². The third-order valence-electron chi connectivity index (χ3n) is 2.80. The van der Waals surface area contributed by atoms with Crippen molar-refractivity contribution in [1.82, 2.24) is 10.3 Å². The number of aliphatic hydroxyl groups is 2. The van der Waals surface area contributed by atoms with Crippen molar-refractivity contribution < 1.29 is 10.2 Å². The van der Waals surface area contributed by atoms with Gasteiger partial charge >= 0.3 is 0 Å². The number of pyridine rings is 1. The van der Waals surface area contributed by atoms with Gasteiger partial charge in [0.1, 0.15) is 0 Å². The molecule has 1 heterocycles. The standard InChI is InChI=1S/C12H18N2O2/c1-12(15,16)10-4-5-14-11(6-10)8-13-7-9-2-3-9/h4-6,9,13,15-16H,2-3,7-8H2,1H3. The number of hydrogen-bond acceptors (Lipinski definition) is 4. The van der Waals surface area contributed by atoms with Gasteiger partial charge in [-0.05, 0) is 44.4 Å². The SMILES string of the molecule is CC(O)(O)c1ccnc(CNCC2CC2)c1. The van der Waals surface area contributed by atoms with Crippen LogP contribution in [0.1, 0.15) is 31.0 Å². The third-order valence-corrected chi connectivity index (χ3v) is 2.80. The van der Waals surface area contributed by atoms with Gasteiger partial charge in [0.25, 0.3) is 0 Å². The van der Waals surface area contributed by atoms with Crippen LogP contribution in [0.2, 0.25) is 0 Å². The predicted molar refractivity (Wildman–Crippen MR) is 60.5 cm³/mol. The summed E-state index contributed by atoms with van der Waals surface area (Å²) in [5.41, 5.74) is 1.32. The molecule has 0 aromatic carbocycles. The fourth-order valence-corrected chi connectivity index (χ4v) is 1.60. The van der Waals surface area contributed by atoms with E-state index >= 15 is 0 Å².